The Balaban J connectivity index is 1.76. The highest BCUT2D eigenvalue weighted by Gasteiger charge is 2.44. The molecule has 9 heteroatoms. The molecule has 2 aromatic heterocycles. The zero-order valence-corrected chi connectivity index (χ0v) is 18.5. The summed E-state index contributed by atoms with van der Waals surface area (Å²) in [4.78, 5) is 44.7. The molecule has 2 aromatic carbocycles. The van der Waals surface area contributed by atoms with Gasteiger partial charge in [-0.05, 0) is 42.8 Å². The van der Waals surface area contributed by atoms with Gasteiger partial charge >= 0.3 is 5.97 Å². The van der Waals surface area contributed by atoms with Crippen molar-refractivity contribution in [2.75, 3.05) is 12.0 Å². The molecule has 3 heterocycles. The fraction of sp³-hybridized carbons (Fsp3) is 0.130. The van der Waals surface area contributed by atoms with Crippen LogP contribution in [0.15, 0.2) is 57.1 Å². The Morgan fingerprint density at radius 3 is 2.59 bits per heavy atom. The molecule has 1 aliphatic heterocycles. The second-order valence-electron chi connectivity index (χ2n) is 7.28. The molecule has 32 heavy (non-hydrogen) atoms. The van der Waals surface area contributed by atoms with E-state index in [2.05, 4.69) is 4.98 Å². The Morgan fingerprint density at radius 2 is 1.94 bits per heavy atom. The Kier molecular flexibility index (Phi) is 4.83. The molecule has 1 aliphatic rings. The number of benzene rings is 2. The summed E-state index contributed by atoms with van der Waals surface area (Å²) in [7, 11) is 1.30. The third kappa shape index (κ3) is 3.11. The van der Waals surface area contributed by atoms with E-state index in [4.69, 9.17) is 20.8 Å². The van der Waals surface area contributed by atoms with Crippen molar-refractivity contribution in [1.29, 1.82) is 0 Å². The lowest BCUT2D eigenvalue weighted by atomic mass is 9.97. The topological polar surface area (TPSA) is 89.7 Å². The fourth-order valence-electron chi connectivity index (χ4n) is 3.83. The summed E-state index contributed by atoms with van der Waals surface area (Å²) < 4.78 is 10.7. The minimum absolute atomic E-state index is 0.0280. The highest BCUT2D eigenvalue weighted by molar-refractivity contribution is 7.14. The fourth-order valence-corrected chi connectivity index (χ4v) is 4.83. The number of hydrogen-bond acceptors (Lipinski definition) is 7. The van der Waals surface area contributed by atoms with Crippen LogP contribution in [0.4, 0.5) is 5.13 Å². The van der Waals surface area contributed by atoms with Gasteiger partial charge in [0.15, 0.2) is 10.6 Å². The maximum absolute atomic E-state index is 13.5. The number of amides is 1. The molecule has 0 fully saturated rings. The maximum atomic E-state index is 13.5. The molecule has 4 aromatic rings. The molecule has 0 bridgehead atoms. The maximum Gasteiger partial charge on any atom is 0.337 e. The van der Waals surface area contributed by atoms with Crippen LogP contribution >= 0.6 is 22.9 Å². The van der Waals surface area contributed by atoms with Gasteiger partial charge < -0.3 is 9.15 Å². The number of thiazole rings is 1. The summed E-state index contributed by atoms with van der Waals surface area (Å²) in [5.41, 5.74) is 1.90. The van der Waals surface area contributed by atoms with Crippen molar-refractivity contribution in [2.45, 2.75) is 13.0 Å². The van der Waals surface area contributed by atoms with Gasteiger partial charge in [-0.25, -0.2) is 9.78 Å². The molecule has 1 atom stereocenters. The molecular formula is C23H15ClN2O5S. The number of halogens is 1. The highest BCUT2D eigenvalue weighted by atomic mass is 35.5. The van der Waals surface area contributed by atoms with E-state index in [1.807, 2.05) is 12.3 Å². The van der Waals surface area contributed by atoms with Crippen molar-refractivity contribution in [3.63, 3.8) is 0 Å². The molecule has 0 radical (unpaired) electrons. The summed E-state index contributed by atoms with van der Waals surface area (Å²) in [6, 6.07) is 10.5. The predicted molar refractivity (Wildman–Crippen MR) is 121 cm³/mol. The first kappa shape index (κ1) is 20.4. The molecule has 5 rings (SSSR count). The number of anilines is 1. The second-order valence-corrected chi connectivity index (χ2v) is 8.55. The third-order valence-corrected chi connectivity index (χ3v) is 6.49. The number of rotatable bonds is 3. The van der Waals surface area contributed by atoms with Crippen LogP contribution in [0.2, 0.25) is 5.02 Å². The highest BCUT2D eigenvalue weighted by Crippen LogP contribution is 2.42. The average Bonchev–Trinajstić information content (AvgIpc) is 3.35. The van der Waals surface area contributed by atoms with Gasteiger partial charge in [0.25, 0.3) is 5.91 Å². The Labute approximate surface area is 190 Å². The number of methoxy groups -OCH3 is 1. The largest absolute Gasteiger partial charge is 0.465 e. The monoisotopic (exact) mass is 466 g/mol. The minimum atomic E-state index is -0.769. The average molecular weight is 467 g/mol. The van der Waals surface area contributed by atoms with Crippen molar-refractivity contribution < 1.29 is 18.7 Å². The number of ether oxygens (including phenoxy) is 1. The molecule has 0 aliphatic carbocycles. The first-order valence-corrected chi connectivity index (χ1v) is 10.8. The number of aryl methyl sites for hydroxylation is 1. The summed E-state index contributed by atoms with van der Waals surface area (Å²) in [6.45, 7) is 1.83. The predicted octanol–water partition coefficient (Wildman–Crippen LogP) is 4.75. The number of fused-ring (bicyclic) bond motifs is 2. The molecule has 1 amide bonds. The number of carbonyl (C=O) groups excluding carboxylic acids is 2. The standard InChI is InChI=1S/C23H15ClN2O5S/c1-11-10-32-23(25-11)26-18(12-3-5-13(6-4-12)22(29)30-2)17-19(27)15-9-14(24)7-8-16(15)31-20(17)21(26)28/h3-10,18H,1-2H3/t18-/m1/s1. The quantitative estimate of drug-likeness (QED) is 0.405. The lowest BCUT2D eigenvalue weighted by Gasteiger charge is -2.22. The molecule has 160 valence electrons. The SMILES string of the molecule is COC(=O)c1ccc([C@@H]2c3c(oc4ccc(Cl)cc4c3=O)C(=O)N2c2nc(C)cs2)cc1. The van der Waals surface area contributed by atoms with E-state index in [-0.39, 0.29) is 27.7 Å². The second kappa shape index (κ2) is 7.58. The zero-order chi connectivity index (χ0) is 22.6. The molecule has 0 saturated carbocycles. The smallest absolute Gasteiger partial charge is 0.337 e. The zero-order valence-electron chi connectivity index (χ0n) is 16.9. The van der Waals surface area contributed by atoms with E-state index in [1.54, 1.807) is 36.4 Å². The van der Waals surface area contributed by atoms with E-state index in [1.165, 1.54) is 29.4 Å². The van der Waals surface area contributed by atoms with Crippen LogP contribution in [0.25, 0.3) is 11.0 Å². The van der Waals surface area contributed by atoms with E-state index in [9.17, 15) is 14.4 Å². The van der Waals surface area contributed by atoms with Crippen molar-refractivity contribution in [2.24, 2.45) is 0 Å². The number of esters is 1. The summed E-state index contributed by atoms with van der Waals surface area (Å²) >= 11 is 7.40. The van der Waals surface area contributed by atoms with Crippen LogP contribution in [0.5, 0.6) is 0 Å². The van der Waals surface area contributed by atoms with Gasteiger partial charge in [0.1, 0.15) is 5.58 Å². The number of hydrogen-bond donors (Lipinski definition) is 0. The van der Waals surface area contributed by atoms with Crippen LogP contribution in [-0.2, 0) is 4.74 Å². The molecule has 0 N–H and O–H groups in total. The van der Waals surface area contributed by atoms with Crippen LogP contribution in [0.1, 0.15) is 43.8 Å². The van der Waals surface area contributed by atoms with E-state index in [0.29, 0.717) is 21.3 Å². The van der Waals surface area contributed by atoms with Gasteiger partial charge in [-0.1, -0.05) is 23.7 Å². The lowest BCUT2D eigenvalue weighted by Crippen LogP contribution is -2.29. The molecule has 0 unspecified atom stereocenters. The third-order valence-electron chi connectivity index (χ3n) is 5.29. The Bertz CT molecular complexity index is 1460. The Hall–Kier alpha value is -3.49. The van der Waals surface area contributed by atoms with Gasteiger partial charge in [-0.3, -0.25) is 14.5 Å². The number of nitrogens with zero attached hydrogens (tertiary/aromatic N) is 2. The summed E-state index contributed by atoms with van der Waals surface area (Å²) in [5.74, 6) is -0.961. The number of aromatic nitrogens is 1. The first-order chi connectivity index (χ1) is 15.4. The first-order valence-electron chi connectivity index (χ1n) is 9.59. The molecule has 0 saturated heterocycles. The van der Waals surface area contributed by atoms with Crippen LogP contribution in [-0.4, -0.2) is 24.0 Å². The normalized spacial score (nSPS) is 15.3. The lowest BCUT2D eigenvalue weighted by molar-refractivity contribution is 0.0600. The van der Waals surface area contributed by atoms with Crippen molar-refractivity contribution in [3.05, 3.63) is 91.2 Å². The van der Waals surface area contributed by atoms with Crippen molar-refractivity contribution in [1.82, 2.24) is 4.98 Å². The molecular weight excluding hydrogens is 452 g/mol. The van der Waals surface area contributed by atoms with Gasteiger partial charge in [0.05, 0.1) is 35.4 Å². The van der Waals surface area contributed by atoms with Crippen molar-refractivity contribution >= 4 is 50.9 Å². The van der Waals surface area contributed by atoms with Gasteiger partial charge in [-0.2, -0.15) is 0 Å². The van der Waals surface area contributed by atoms with Crippen LogP contribution in [0.3, 0.4) is 0 Å². The van der Waals surface area contributed by atoms with Gasteiger partial charge in [-0.15, -0.1) is 11.3 Å². The molecule has 0 spiro atoms. The van der Waals surface area contributed by atoms with Crippen LogP contribution in [0, 0.1) is 6.92 Å². The Morgan fingerprint density at radius 1 is 1.19 bits per heavy atom. The summed E-state index contributed by atoms with van der Waals surface area (Å²) in [6.07, 6.45) is 0. The van der Waals surface area contributed by atoms with Gasteiger partial charge in [0, 0.05) is 10.4 Å². The van der Waals surface area contributed by atoms with E-state index < -0.39 is 17.9 Å². The van der Waals surface area contributed by atoms with Gasteiger partial charge in [0.2, 0.25) is 5.76 Å². The van der Waals surface area contributed by atoms with E-state index >= 15 is 0 Å². The number of carbonyl (C=O) groups is 2. The van der Waals surface area contributed by atoms with Crippen molar-refractivity contribution in [3.8, 4) is 0 Å². The molecule has 7 nitrogen and oxygen atoms in total. The minimum Gasteiger partial charge on any atom is -0.465 e. The van der Waals surface area contributed by atoms with Crippen LogP contribution < -0.4 is 10.3 Å². The van der Waals surface area contributed by atoms with E-state index in [0.717, 1.165) is 5.69 Å². The summed E-state index contributed by atoms with van der Waals surface area (Å²) in [5, 5.41) is 2.95.